The molecule has 0 aromatic carbocycles. The summed E-state index contributed by atoms with van der Waals surface area (Å²) in [4.78, 5) is 160. The third kappa shape index (κ3) is 27.4. The van der Waals surface area contributed by atoms with Crippen LogP contribution in [0, 0.1) is 23.7 Å². The summed E-state index contributed by atoms with van der Waals surface area (Å²) in [7, 11) is 0. The van der Waals surface area contributed by atoms with Crippen LogP contribution >= 0.6 is 0 Å². The summed E-state index contributed by atoms with van der Waals surface area (Å²) < 4.78 is 0. The van der Waals surface area contributed by atoms with E-state index in [1.807, 2.05) is 0 Å². The van der Waals surface area contributed by atoms with Crippen LogP contribution in [0.4, 0.5) is 0 Å². The van der Waals surface area contributed by atoms with Gasteiger partial charge in [0, 0.05) is 19.4 Å². The SMILES string of the molecule is CC(C)C[C@H](NC(=O)[C@H](C)NC(=O)[C@H](CCC(N)=O)NC(=O)[C@H](C)NC(=O)[C@H](CC(C)C)NC(=O)[C@@H](NC(=O)[C@@H](N)[C@@H](C)O)C(C)C)C(=O)N[C@H](C(=O)N[C@@H](CCCN=C(N)N)C(=O)N[C@@H](CCC(=O)O)C(=O)O)C(C)C. The molecule has 0 saturated heterocycles. The zero-order valence-corrected chi connectivity index (χ0v) is 46.0. The van der Waals surface area contributed by atoms with Gasteiger partial charge in [0.25, 0.3) is 0 Å². The van der Waals surface area contributed by atoms with Crippen LogP contribution in [0.25, 0.3) is 0 Å². The van der Waals surface area contributed by atoms with Crippen LogP contribution in [0.2, 0.25) is 0 Å². The van der Waals surface area contributed by atoms with E-state index in [1.165, 1.54) is 20.8 Å². The molecule has 0 heterocycles. The first-order valence-electron chi connectivity index (χ1n) is 25.5. The molecule has 0 saturated carbocycles. The van der Waals surface area contributed by atoms with Gasteiger partial charge in [0.2, 0.25) is 59.1 Å². The number of nitrogens with two attached hydrogens (primary N) is 4. The second-order valence-electron chi connectivity index (χ2n) is 20.5. The molecule has 29 nitrogen and oxygen atoms in total. The van der Waals surface area contributed by atoms with E-state index in [4.69, 9.17) is 28.0 Å². The standard InChI is InChI=1S/C48H86N14O15/c1-21(2)19-31(60-46(75)37(24(7)8)62-44(73)35(50)27(11)63)42(71)55-25(9)38(67)56-29(14-16-33(49)64)40(69)54-26(10)39(68)59-32(20-22(3)4)43(72)61-36(23(5)6)45(74)57-28(13-12-18-53-48(51)52)41(70)58-30(47(76)77)15-17-34(65)66/h21-32,35-37,63H,12-20,50H2,1-11H3,(H2,49,64)(H,54,69)(H,55,71)(H,56,67)(H,57,74)(H,58,70)(H,59,68)(H,60,75)(H,61,72)(H,62,73)(H,65,66)(H,76,77)(H4,51,52,53)/t25-,26-,27+,28-,29-,30-,31-,32-,35-,36-,37-/m0/s1. The molecule has 77 heavy (non-hydrogen) atoms. The van der Waals surface area contributed by atoms with Crippen LogP contribution in [-0.2, 0) is 57.5 Å². The fourth-order valence-electron chi connectivity index (χ4n) is 7.20. The number of carboxylic acid groups (broad SMARTS) is 2. The molecule has 0 unspecified atom stereocenters. The maximum atomic E-state index is 13.9. The smallest absolute Gasteiger partial charge is 0.326 e. The van der Waals surface area contributed by atoms with Gasteiger partial charge in [-0.1, -0.05) is 55.4 Å². The predicted molar refractivity (Wildman–Crippen MR) is 280 cm³/mol. The highest BCUT2D eigenvalue weighted by atomic mass is 16.4. The number of guanidine groups is 1. The third-order valence-corrected chi connectivity index (χ3v) is 11.7. The summed E-state index contributed by atoms with van der Waals surface area (Å²) in [6.45, 7) is 17.4. The summed E-state index contributed by atoms with van der Waals surface area (Å²) in [5.74, 6) is -13.2. The van der Waals surface area contributed by atoms with Crippen molar-refractivity contribution in [1.29, 1.82) is 0 Å². The zero-order valence-electron chi connectivity index (χ0n) is 46.0. The normalized spacial score (nSPS) is 15.5. The summed E-state index contributed by atoms with van der Waals surface area (Å²) in [5, 5.41) is 50.8. The molecule has 0 fully saturated rings. The lowest BCUT2D eigenvalue weighted by Gasteiger charge is -2.29. The van der Waals surface area contributed by atoms with Crippen molar-refractivity contribution in [2.45, 2.75) is 194 Å². The van der Waals surface area contributed by atoms with Crippen LogP contribution in [0.3, 0.4) is 0 Å². The molecule has 0 aromatic heterocycles. The molecule has 0 aliphatic heterocycles. The Bertz CT molecular complexity index is 2080. The van der Waals surface area contributed by atoms with Gasteiger partial charge in [-0.05, 0) is 83.0 Å². The summed E-state index contributed by atoms with van der Waals surface area (Å²) in [6, 6.07) is -13.7. The molecular formula is C48H86N14O15. The molecular weight excluding hydrogens is 1010 g/mol. The molecule has 438 valence electrons. The highest BCUT2D eigenvalue weighted by molar-refractivity contribution is 5.98. The molecule has 0 aromatic rings. The van der Waals surface area contributed by atoms with Crippen molar-refractivity contribution in [2.24, 2.45) is 51.6 Å². The van der Waals surface area contributed by atoms with Crippen LogP contribution in [0.1, 0.15) is 128 Å². The van der Waals surface area contributed by atoms with E-state index in [0.29, 0.717) is 0 Å². The molecule has 10 amide bonds. The van der Waals surface area contributed by atoms with E-state index in [0.717, 1.165) is 0 Å². The number of aliphatic hydroxyl groups excluding tert-OH is 1. The van der Waals surface area contributed by atoms with Gasteiger partial charge < -0.3 is 86.1 Å². The van der Waals surface area contributed by atoms with Crippen molar-refractivity contribution in [1.82, 2.24) is 47.9 Å². The molecule has 0 radical (unpaired) electrons. The van der Waals surface area contributed by atoms with Crippen molar-refractivity contribution >= 4 is 77.0 Å². The van der Waals surface area contributed by atoms with Gasteiger partial charge in [-0.3, -0.25) is 57.7 Å². The number of primary amides is 1. The number of carboxylic acids is 2. The lowest BCUT2D eigenvalue weighted by atomic mass is 9.99. The number of hydrogen-bond donors (Lipinski definition) is 16. The van der Waals surface area contributed by atoms with Gasteiger partial charge in [-0.25, -0.2) is 4.79 Å². The second kappa shape index (κ2) is 34.5. The van der Waals surface area contributed by atoms with Crippen molar-refractivity contribution in [2.75, 3.05) is 6.54 Å². The number of hydrogen-bond acceptors (Lipinski definition) is 15. The van der Waals surface area contributed by atoms with E-state index >= 15 is 0 Å². The number of nitrogens with zero attached hydrogens (tertiary/aromatic N) is 1. The topological polar surface area (TPSA) is 490 Å². The highest BCUT2D eigenvalue weighted by Crippen LogP contribution is 2.13. The number of carbonyl (C=O) groups is 12. The van der Waals surface area contributed by atoms with Crippen molar-refractivity contribution < 1.29 is 72.9 Å². The van der Waals surface area contributed by atoms with Gasteiger partial charge in [0.05, 0.1) is 6.10 Å². The van der Waals surface area contributed by atoms with Crippen LogP contribution in [0.15, 0.2) is 4.99 Å². The highest BCUT2D eigenvalue weighted by Gasteiger charge is 2.36. The van der Waals surface area contributed by atoms with Crippen molar-refractivity contribution in [3.05, 3.63) is 0 Å². The molecule has 0 aliphatic rings. The monoisotopic (exact) mass is 1100 g/mol. The Hall–Kier alpha value is -7.17. The Morgan fingerprint density at radius 1 is 0.442 bits per heavy atom. The van der Waals surface area contributed by atoms with Crippen molar-refractivity contribution in [3.8, 4) is 0 Å². The van der Waals surface area contributed by atoms with Crippen molar-refractivity contribution in [3.63, 3.8) is 0 Å². The Morgan fingerprint density at radius 3 is 1.21 bits per heavy atom. The average Bonchev–Trinajstić information content (AvgIpc) is 3.31. The number of rotatable bonds is 36. The number of aliphatic hydroxyl groups is 1. The molecule has 0 spiro atoms. The Labute approximate surface area is 448 Å². The van der Waals surface area contributed by atoms with Gasteiger partial charge in [-0.2, -0.15) is 0 Å². The first-order chi connectivity index (χ1) is 35.6. The molecule has 0 bridgehead atoms. The zero-order chi connectivity index (χ0) is 59.6. The van der Waals surface area contributed by atoms with Gasteiger partial charge in [0.1, 0.15) is 60.4 Å². The summed E-state index contributed by atoms with van der Waals surface area (Å²) in [6.07, 6.45) is -2.92. The first kappa shape index (κ1) is 69.8. The fraction of sp³-hybridized carbons (Fsp3) is 0.729. The van der Waals surface area contributed by atoms with E-state index in [1.54, 1.807) is 55.4 Å². The fourth-order valence-corrected chi connectivity index (χ4v) is 7.20. The minimum atomic E-state index is -1.62. The first-order valence-corrected chi connectivity index (χ1v) is 25.5. The van der Waals surface area contributed by atoms with E-state index < -0.39 is 169 Å². The van der Waals surface area contributed by atoms with Gasteiger partial charge >= 0.3 is 11.9 Å². The minimum Gasteiger partial charge on any atom is -0.481 e. The molecule has 0 rings (SSSR count). The quantitative estimate of drug-likeness (QED) is 0.0161. The van der Waals surface area contributed by atoms with E-state index in [2.05, 4.69) is 52.8 Å². The van der Waals surface area contributed by atoms with Gasteiger partial charge in [0.15, 0.2) is 5.96 Å². The lowest BCUT2D eigenvalue weighted by Crippen LogP contribution is -2.61. The Kier molecular flexibility index (Phi) is 31.3. The van der Waals surface area contributed by atoms with Crippen LogP contribution in [-0.4, -0.2) is 165 Å². The number of aliphatic imine (C=N–C) groups is 1. The predicted octanol–water partition coefficient (Wildman–Crippen LogP) is -4.23. The van der Waals surface area contributed by atoms with Crippen LogP contribution < -0.4 is 70.8 Å². The Balaban J connectivity index is 6.32. The Morgan fingerprint density at radius 2 is 0.805 bits per heavy atom. The lowest BCUT2D eigenvalue weighted by molar-refractivity contribution is -0.143. The van der Waals surface area contributed by atoms with Crippen LogP contribution in [0.5, 0.6) is 0 Å². The molecule has 0 aliphatic carbocycles. The van der Waals surface area contributed by atoms with E-state index in [9.17, 15) is 67.7 Å². The average molecular weight is 1100 g/mol. The molecule has 29 heteroatoms. The maximum absolute atomic E-state index is 13.9. The number of aliphatic carboxylic acids is 2. The molecule has 20 N–H and O–H groups in total. The second-order valence-corrected chi connectivity index (χ2v) is 20.5. The number of nitrogens with one attached hydrogen (secondary N) is 9. The molecule has 11 atom stereocenters. The van der Waals surface area contributed by atoms with E-state index in [-0.39, 0.29) is 56.4 Å². The maximum Gasteiger partial charge on any atom is 0.326 e. The number of carbonyl (C=O) groups excluding carboxylic acids is 10. The van der Waals surface area contributed by atoms with Gasteiger partial charge in [-0.15, -0.1) is 0 Å². The largest absolute Gasteiger partial charge is 0.481 e. The minimum absolute atomic E-state index is 0.0167. The number of amides is 10. The summed E-state index contributed by atoms with van der Waals surface area (Å²) >= 11 is 0. The summed E-state index contributed by atoms with van der Waals surface area (Å²) in [5.41, 5.74) is 21.9. The third-order valence-electron chi connectivity index (χ3n) is 11.7.